The molecule has 0 spiro atoms. The molecule has 1 amide bonds. The van der Waals surface area contributed by atoms with Gasteiger partial charge in [-0.05, 0) is 35.7 Å². The second kappa shape index (κ2) is 11.1. The molecule has 1 atom stereocenters. The normalized spacial score (nSPS) is 15.3. The summed E-state index contributed by atoms with van der Waals surface area (Å²) in [6.45, 7) is 3.59. The number of ketones is 1. The van der Waals surface area contributed by atoms with Gasteiger partial charge >= 0.3 is 6.18 Å². The first-order valence-electron chi connectivity index (χ1n) is 11.7. The Morgan fingerprint density at radius 1 is 0.944 bits per heavy atom. The van der Waals surface area contributed by atoms with Crippen molar-refractivity contribution in [3.63, 3.8) is 0 Å². The van der Waals surface area contributed by atoms with Gasteiger partial charge in [-0.2, -0.15) is 13.2 Å². The number of carbonyl (C=O) groups excluding carboxylic acids is 2. The Hall–Kier alpha value is -3.49. The van der Waals surface area contributed by atoms with Gasteiger partial charge in [0.1, 0.15) is 0 Å². The second-order valence-corrected chi connectivity index (χ2v) is 8.73. The second-order valence-electron chi connectivity index (χ2n) is 8.73. The lowest BCUT2D eigenvalue weighted by molar-refractivity contribution is -0.137. The Kier molecular flexibility index (Phi) is 7.86. The van der Waals surface area contributed by atoms with Gasteiger partial charge in [0.25, 0.3) is 0 Å². The Labute approximate surface area is 207 Å². The molecule has 1 N–H and O–H groups in total. The Balaban J connectivity index is 1.51. The minimum Gasteiger partial charge on any atom is -0.379 e. The number of benzene rings is 3. The molecule has 1 saturated heterocycles. The van der Waals surface area contributed by atoms with Crippen LogP contribution in [0.2, 0.25) is 0 Å². The maximum absolute atomic E-state index is 13.6. The number of Topliss-reactive ketones (excluding diaryl/α,β-unsaturated/α-hetero) is 1. The number of morpholine rings is 1. The molecular formula is C28H27F3N2O3. The lowest BCUT2D eigenvalue weighted by atomic mass is 9.98. The summed E-state index contributed by atoms with van der Waals surface area (Å²) in [5.74, 6) is -0.906. The van der Waals surface area contributed by atoms with Gasteiger partial charge in [-0.1, -0.05) is 60.7 Å². The number of halogens is 3. The summed E-state index contributed by atoms with van der Waals surface area (Å²) >= 11 is 0. The van der Waals surface area contributed by atoms with Crippen LogP contribution in [0.3, 0.4) is 0 Å². The summed E-state index contributed by atoms with van der Waals surface area (Å²) in [4.78, 5) is 27.5. The van der Waals surface area contributed by atoms with E-state index in [2.05, 4.69) is 5.32 Å². The van der Waals surface area contributed by atoms with Crippen LogP contribution in [0, 0.1) is 0 Å². The van der Waals surface area contributed by atoms with Crippen molar-refractivity contribution in [1.82, 2.24) is 4.90 Å². The number of carbonyl (C=O) groups is 2. The third kappa shape index (κ3) is 6.19. The monoisotopic (exact) mass is 496 g/mol. The molecule has 0 radical (unpaired) electrons. The third-order valence-electron chi connectivity index (χ3n) is 6.30. The highest BCUT2D eigenvalue weighted by atomic mass is 19.4. The third-order valence-corrected chi connectivity index (χ3v) is 6.30. The van der Waals surface area contributed by atoms with Crippen molar-refractivity contribution in [3.8, 4) is 11.1 Å². The number of alkyl halides is 3. The van der Waals surface area contributed by atoms with Gasteiger partial charge in [0.05, 0.1) is 30.5 Å². The zero-order chi connectivity index (χ0) is 25.7. The van der Waals surface area contributed by atoms with Gasteiger partial charge < -0.3 is 10.1 Å². The molecule has 0 saturated carbocycles. The molecule has 36 heavy (non-hydrogen) atoms. The molecule has 3 aromatic carbocycles. The summed E-state index contributed by atoms with van der Waals surface area (Å²) in [6, 6.07) is 19.7. The molecule has 0 aliphatic carbocycles. The van der Waals surface area contributed by atoms with Crippen LogP contribution in [0.25, 0.3) is 11.1 Å². The van der Waals surface area contributed by atoms with Crippen LogP contribution in [0.1, 0.15) is 28.4 Å². The van der Waals surface area contributed by atoms with Crippen LogP contribution in [-0.4, -0.2) is 48.9 Å². The van der Waals surface area contributed by atoms with Crippen LogP contribution in [0.15, 0.2) is 72.8 Å². The van der Waals surface area contributed by atoms with Crippen LogP contribution in [0.5, 0.6) is 0 Å². The van der Waals surface area contributed by atoms with E-state index in [0.29, 0.717) is 26.3 Å². The summed E-state index contributed by atoms with van der Waals surface area (Å²) in [5, 5.41) is 2.41. The van der Waals surface area contributed by atoms with E-state index in [1.165, 1.54) is 0 Å². The molecule has 1 aliphatic rings. The van der Waals surface area contributed by atoms with Gasteiger partial charge in [-0.15, -0.1) is 0 Å². The maximum Gasteiger partial charge on any atom is 0.418 e. The number of nitrogens with one attached hydrogen (secondary N) is 1. The van der Waals surface area contributed by atoms with E-state index in [4.69, 9.17) is 4.74 Å². The maximum atomic E-state index is 13.6. The first-order chi connectivity index (χ1) is 17.2. The van der Waals surface area contributed by atoms with E-state index in [1.54, 1.807) is 6.92 Å². The standard InChI is InChI=1S/C28H27F3N2O3/c1-19(33-13-15-36-16-14-33)27(35)32-25-18-23(11-12-24(25)28(29,30)31)26(34)17-20-7-9-22(10-8-20)21-5-3-2-4-6-21/h2-12,18-19H,13-17H2,1H3,(H,32,35)/t19-/m1/s1. The Morgan fingerprint density at radius 3 is 2.22 bits per heavy atom. The van der Waals surface area contributed by atoms with Gasteiger partial charge in [-0.25, -0.2) is 0 Å². The zero-order valence-electron chi connectivity index (χ0n) is 19.8. The SMILES string of the molecule is C[C@H](C(=O)Nc1cc(C(=O)Cc2ccc(-c3ccccc3)cc2)ccc1C(F)(F)F)N1CCOCC1. The van der Waals surface area contributed by atoms with E-state index in [0.717, 1.165) is 34.9 Å². The summed E-state index contributed by atoms with van der Waals surface area (Å²) in [5.41, 5.74) is 1.48. The molecule has 188 valence electrons. The summed E-state index contributed by atoms with van der Waals surface area (Å²) < 4.78 is 46.2. The predicted octanol–water partition coefficient (Wildman–Crippen LogP) is 5.46. The molecular weight excluding hydrogens is 469 g/mol. The van der Waals surface area contributed by atoms with E-state index in [1.807, 2.05) is 59.5 Å². The van der Waals surface area contributed by atoms with Gasteiger partial charge in [0.2, 0.25) is 5.91 Å². The fourth-order valence-electron chi connectivity index (χ4n) is 4.17. The van der Waals surface area contributed by atoms with E-state index >= 15 is 0 Å². The largest absolute Gasteiger partial charge is 0.418 e. The van der Waals surface area contributed by atoms with Crippen molar-refractivity contribution in [2.24, 2.45) is 0 Å². The number of anilines is 1. The fourth-order valence-corrected chi connectivity index (χ4v) is 4.17. The van der Waals surface area contributed by atoms with Crippen molar-refractivity contribution < 1.29 is 27.5 Å². The van der Waals surface area contributed by atoms with E-state index in [-0.39, 0.29) is 17.8 Å². The smallest absolute Gasteiger partial charge is 0.379 e. The summed E-state index contributed by atoms with van der Waals surface area (Å²) in [7, 11) is 0. The molecule has 1 aliphatic heterocycles. The molecule has 3 aromatic rings. The molecule has 0 aromatic heterocycles. The average Bonchev–Trinajstić information content (AvgIpc) is 2.89. The Morgan fingerprint density at radius 2 is 1.58 bits per heavy atom. The topological polar surface area (TPSA) is 58.6 Å². The van der Waals surface area contributed by atoms with Crippen LogP contribution < -0.4 is 5.32 Å². The fraction of sp³-hybridized carbons (Fsp3) is 0.286. The number of hydrogen-bond donors (Lipinski definition) is 1. The van der Waals surface area contributed by atoms with E-state index < -0.39 is 29.4 Å². The Bertz CT molecular complexity index is 1200. The molecule has 0 unspecified atom stereocenters. The molecule has 8 heteroatoms. The predicted molar refractivity (Wildman–Crippen MR) is 132 cm³/mol. The highest BCUT2D eigenvalue weighted by molar-refractivity contribution is 6.01. The zero-order valence-corrected chi connectivity index (χ0v) is 19.8. The number of ether oxygens (including phenoxy) is 1. The van der Waals surface area contributed by atoms with Gasteiger partial charge in [-0.3, -0.25) is 14.5 Å². The number of amides is 1. The van der Waals surface area contributed by atoms with Crippen LogP contribution in [0.4, 0.5) is 18.9 Å². The minimum absolute atomic E-state index is 0.0258. The molecule has 1 fully saturated rings. The average molecular weight is 497 g/mol. The molecule has 0 bridgehead atoms. The van der Waals surface area contributed by atoms with Gasteiger partial charge in [0, 0.05) is 25.1 Å². The van der Waals surface area contributed by atoms with Crippen LogP contribution >= 0.6 is 0 Å². The molecule has 4 rings (SSSR count). The quantitative estimate of drug-likeness (QED) is 0.442. The summed E-state index contributed by atoms with van der Waals surface area (Å²) in [6.07, 6.45) is -4.66. The van der Waals surface area contributed by atoms with Crippen molar-refractivity contribution in [2.45, 2.75) is 25.6 Å². The first kappa shape index (κ1) is 25.6. The molecule has 1 heterocycles. The number of nitrogens with zero attached hydrogens (tertiary/aromatic N) is 1. The van der Waals surface area contributed by atoms with E-state index in [9.17, 15) is 22.8 Å². The van der Waals surface area contributed by atoms with Crippen molar-refractivity contribution in [1.29, 1.82) is 0 Å². The minimum atomic E-state index is -4.68. The van der Waals surface area contributed by atoms with Crippen molar-refractivity contribution in [2.75, 3.05) is 31.6 Å². The lowest BCUT2D eigenvalue weighted by Crippen LogP contribution is -2.47. The van der Waals surface area contributed by atoms with Gasteiger partial charge in [0.15, 0.2) is 5.78 Å². The number of hydrogen-bond acceptors (Lipinski definition) is 4. The highest BCUT2D eigenvalue weighted by Crippen LogP contribution is 2.36. The van der Waals surface area contributed by atoms with Crippen molar-refractivity contribution in [3.05, 3.63) is 89.5 Å². The van der Waals surface area contributed by atoms with Crippen LogP contribution in [-0.2, 0) is 22.1 Å². The molecule has 5 nitrogen and oxygen atoms in total. The highest BCUT2D eigenvalue weighted by Gasteiger charge is 2.35. The van der Waals surface area contributed by atoms with Crippen molar-refractivity contribution >= 4 is 17.4 Å². The lowest BCUT2D eigenvalue weighted by Gasteiger charge is -2.31. The number of rotatable bonds is 7. The first-order valence-corrected chi connectivity index (χ1v) is 11.7.